The maximum atomic E-state index is 5.37. The first-order valence-electron chi connectivity index (χ1n) is 10.4. The van der Waals surface area contributed by atoms with Gasteiger partial charge in [-0.15, -0.1) is 5.10 Å². The van der Waals surface area contributed by atoms with Crippen molar-refractivity contribution >= 4 is 11.5 Å². The van der Waals surface area contributed by atoms with E-state index in [1.807, 2.05) is 12.1 Å². The molecule has 1 heterocycles. The normalized spacial score (nSPS) is 17.6. The second kappa shape index (κ2) is 8.31. The Kier molecular flexibility index (Phi) is 5.58. The quantitative estimate of drug-likeness (QED) is 0.693. The van der Waals surface area contributed by atoms with Crippen LogP contribution in [-0.4, -0.2) is 30.6 Å². The summed E-state index contributed by atoms with van der Waals surface area (Å²) >= 11 is 0. The molecule has 0 spiro atoms. The molecule has 0 fully saturated rings. The third kappa shape index (κ3) is 3.82. The fraction of sp³-hybridized carbons (Fsp3) is 0.308. The molecule has 0 saturated heterocycles. The zero-order chi connectivity index (χ0) is 21.3. The maximum Gasteiger partial charge on any atom is 0.155 e. The lowest BCUT2D eigenvalue weighted by Crippen LogP contribution is -2.36. The Morgan fingerprint density at radius 3 is 2.57 bits per heavy atom. The minimum atomic E-state index is 0.232. The molecule has 0 radical (unpaired) electrons. The van der Waals surface area contributed by atoms with Gasteiger partial charge in [-0.1, -0.05) is 48.1 Å². The molecule has 4 nitrogen and oxygen atoms in total. The van der Waals surface area contributed by atoms with Gasteiger partial charge >= 0.3 is 0 Å². The highest BCUT2D eigenvalue weighted by atomic mass is 16.5. The third-order valence-electron chi connectivity index (χ3n) is 5.85. The molecule has 4 rings (SSSR count). The van der Waals surface area contributed by atoms with Gasteiger partial charge in [-0.3, -0.25) is 0 Å². The molecule has 4 heteroatoms. The summed E-state index contributed by atoms with van der Waals surface area (Å²) in [4.78, 5) is 2.18. The number of rotatable bonds is 4. The highest BCUT2D eigenvalue weighted by molar-refractivity contribution is 6.14. The summed E-state index contributed by atoms with van der Waals surface area (Å²) in [6.07, 6.45) is 7.51. The zero-order valence-corrected chi connectivity index (χ0v) is 18.4. The number of ether oxygens (including phenoxy) is 1. The Hall–Kier alpha value is -3.14. The first-order valence-corrected chi connectivity index (χ1v) is 10.4. The first kappa shape index (κ1) is 20.1. The molecule has 1 atom stereocenters. The standard InChI is InChI=1S/C26H29N3O/c1-17-13-18(2)24(19(3)14-17)25-22-11-6-7-12-23(22)26(28-27-25)29(4)16-20-9-8-10-21(15-20)30-5/h6-10,12-15,22H,11,16H2,1-5H3. The predicted molar refractivity (Wildman–Crippen MR) is 124 cm³/mol. The molecule has 1 unspecified atom stereocenters. The molecule has 0 amide bonds. The lowest BCUT2D eigenvalue weighted by atomic mass is 9.80. The molecule has 2 aliphatic rings. The number of hydrogen-bond acceptors (Lipinski definition) is 4. The van der Waals surface area contributed by atoms with Crippen LogP contribution in [0.15, 0.2) is 70.4 Å². The van der Waals surface area contributed by atoms with Gasteiger partial charge in [0.05, 0.1) is 12.8 Å². The largest absolute Gasteiger partial charge is 0.497 e. The fourth-order valence-corrected chi connectivity index (χ4v) is 4.57. The van der Waals surface area contributed by atoms with E-state index in [1.54, 1.807) is 7.11 Å². The van der Waals surface area contributed by atoms with Crippen LogP contribution in [0.2, 0.25) is 0 Å². The number of likely N-dealkylation sites (N-methyl/N-ethyl adjacent to an activating group) is 1. The van der Waals surface area contributed by atoms with Crippen LogP contribution >= 0.6 is 0 Å². The molecule has 2 aromatic carbocycles. The van der Waals surface area contributed by atoms with Gasteiger partial charge in [-0.05, 0) is 56.0 Å². The number of nitrogens with zero attached hydrogens (tertiary/aromatic N) is 3. The van der Waals surface area contributed by atoms with Crippen molar-refractivity contribution in [2.24, 2.45) is 16.1 Å². The van der Waals surface area contributed by atoms with Crippen molar-refractivity contribution in [3.8, 4) is 5.75 Å². The molecule has 0 bridgehead atoms. The number of fused-ring (bicyclic) bond motifs is 1. The minimum Gasteiger partial charge on any atom is -0.497 e. The Morgan fingerprint density at radius 2 is 1.83 bits per heavy atom. The van der Waals surface area contributed by atoms with Crippen LogP contribution in [0.4, 0.5) is 0 Å². The second-order valence-corrected chi connectivity index (χ2v) is 8.23. The van der Waals surface area contributed by atoms with E-state index >= 15 is 0 Å². The van der Waals surface area contributed by atoms with Crippen LogP contribution in [0.1, 0.15) is 34.2 Å². The predicted octanol–water partition coefficient (Wildman–Crippen LogP) is 5.37. The van der Waals surface area contributed by atoms with Gasteiger partial charge in [-0.2, -0.15) is 5.10 Å². The van der Waals surface area contributed by atoms with E-state index in [-0.39, 0.29) is 5.92 Å². The van der Waals surface area contributed by atoms with Crippen molar-refractivity contribution in [1.29, 1.82) is 0 Å². The summed E-state index contributed by atoms with van der Waals surface area (Å²) in [5.41, 5.74) is 8.57. The average Bonchev–Trinajstić information content (AvgIpc) is 2.73. The number of amidine groups is 1. The Balaban J connectivity index is 1.71. The van der Waals surface area contributed by atoms with Gasteiger partial charge in [0, 0.05) is 30.6 Å². The monoisotopic (exact) mass is 399 g/mol. The SMILES string of the molecule is COc1cccc(CN(C)C2=NN=C(c3c(C)cc(C)cc3C)C3CC=CC=C23)c1. The lowest BCUT2D eigenvalue weighted by Gasteiger charge is -2.32. The van der Waals surface area contributed by atoms with E-state index in [9.17, 15) is 0 Å². The molecule has 30 heavy (non-hydrogen) atoms. The summed E-state index contributed by atoms with van der Waals surface area (Å²) in [5, 5.41) is 9.49. The summed E-state index contributed by atoms with van der Waals surface area (Å²) in [7, 11) is 3.78. The number of allylic oxidation sites excluding steroid dienone is 3. The topological polar surface area (TPSA) is 37.2 Å². The van der Waals surface area contributed by atoms with E-state index in [2.05, 4.69) is 75.2 Å². The molecule has 2 aromatic rings. The number of benzene rings is 2. The van der Waals surface area contributed by atoms with E-state index < -0.39 is 0 Å². The van der Waals surface area contributed by atoms with E-state index in [0.717, 1.165) is 30.3 Å². The number of hydrogen-bond donors (Lipinski definition) is 0. The van der Waals surface area contributed by atoms with E-state index in [1.165, 1.54) is 33.4 Å². The van der Waals surface area contributed by atoms with Crippen LogP contribution in [0, 0.1) is 26.7 Å². The molecule has 0 aromatic heterocycles. The van der Waals surface area contributed by atoms with E-state index in [0.29, 0.717) is 0 Å². The van der Waals surface area contributed by atoms with Gasteiger partial charge in [0.15, 0.2) is 5.84 Å². The summed E-state index contributed by atoms with van der Waals surface area (Å²) in [5.74, 6) is 2.04. The van der Waals surface area contributed by atoms with Crippen LogP contribution in [0.5, 0.6) is 5.75 Å². The summed E-state index contributed by atoms with van der Waals surface area (Å²) in [6, 6.07) is 12.6. The average molecular weight is 400 g/mol. The van der Waals surface area contributed by atoms with Crippen LogP contribution in [0.25, 0.3) is 0 Å². The van der Waals surface area contributed by atoms with Crippen LogP contribution < -0.4 is 4.74 Å². The minimum absolute atomic E-state index is 0.232. The smallest absolute Gasteiger partial charge is 0.155 e. The molecule has 0 saturated carbocycles. The molecule has 1 aliphatic heterocycles. The highest BCUT2D eigenvalue weighted by Gasteiger charge is 2.32. The zero-order valence-electron chi connectivity index (χ0n) is 18.4. The van der Waals surface area contributed by atoms with Crippen molar-refractivity contribution in [3.05, 3.63) is 88.0 Å². The van der Waals surface area contributed by atoms with Gasteiger partial charge in [0.25, 0.3) is 0 Å². The second-order valence-electron chi connectivity index (χ2n) is 8.23. The molecular weight excluding hydrogens is 370 g/mol. The van der Waals surface area contributed by atoms with Gasteiger partial charge in [-0.25, -0.2) is 0 Å². The lowest BCUT2D eigenvalue weighted by molar-refractivity contribution is 0.412. The molecular formula is C26H29N3O. The Morgan fingerprint density at radius 1 is 1.07 bits per heavy atom. The van der Waals surface area contributed by atoms with Crippen molar-refractivity contribution in [3.63, 3.8) is 0 Å². The molecule has 0 N–H and O–H groups in total. The molecule has 1 aliphatic carbocycles. The van der Waals surface area contributed by atoms with Crippen molar-refractivity contribution in [2.75, 3.05) is 14.2 Å². The van der Waals surface area contributed by atoms with Gasteiger partial charge in [0.2, 0.25) is 0 Å². The molecule has 154 valence electrons. The highest BCUT2D eigenvalue weighted by Crippen LogP contribution is 2.33. The third-order valence-corrected chi connectivity index (χ3v) is 5.85. The van der Waals surface area contributed by atoms with Crippen LogP contribution in [-0.2, 0) is 6.54 Å². The van der Waals surface area contributed by atoms with Crippen molar-refractivity contribution in [2.45, 2.75) is 33.7 Å². The van der Waals surface area contributed by atoms with Gasteiger partial charge in [0.1, 0.15) is 5.75 Å². The fourth-order valence-electron chi connectivity index (χ4n) is 4.57. The summed E-state index contributed by atoms with van der Waals surface area (Å²) < 4.78 is 5.37. The van der Waals surface area contributed by atoms with Crippen LogP contribution in [0.3, 0.4) is 0 Å². The maximum absolute atomic E-state index is 5.37. The number of methoxy groups -OCH3 is 1. The van der Waals surface area contributed by atoms with Gasteiger partial charge < -0.3 is 9.64 Å². The van der Waals surface area contributed by atoms with Crippen molar-refractivity contribution < 1.29 is 4.74 Å². The first-order chi connectivity index (χ1) is 14.5. The van der Waals surface area contributed by atoms with Crippen molar-refractivity contribution in [1.82, 2.24) is 4.90 Å². The Bertz CT molecular complexity index is 1070. The summed E-state index contributed by atoms with van der Waals surface area (Å²) in [6.45, 7) is 7.24. The van der Waals surface area contributed by atoms with E-state index in [4.69, 9.17) is 14.9 Å². The Labute approximate surface area is 179 Å². The number of aryl methyl sites for hydroxylation is 3.